The summed E-state index contributed by atoms with van der Waals surface area (Å²) < 4.78 is 0. The van der Waals surface area contributed by atoms with Crippen LogP contribution in [0.5, 0.6) is 0 Å². The maximum Gasteiger partial charge on any atom is 0.255 e. The van der Waals surface area contributed by atoms with Crippen molar-refractivity contribution in [3.8, 4) is 0 Å². The van der Waals surface area contributed by atoms with Crippen molar-refractivity contribution in [3.63, 3.8) is 0 Å². The Bertz CT molecular complexity index is 1060. The van der Waals surface area contributed by atoms with Crippen LogP contribution in [0.15, 0.2) is 54.7 Å². The molecule has 0 spiro atoms. The summed E-state index contributed by atoms with van der Waals surface area (Å²) in [5, 5.41) is 6.25. The molecule has 2 aromatic carbocycles. The van der Waals surface area contributed by atoms with Gasteiger partial charge in [-0.3, -0.25) is 4.79 Å². The Morgan fingerprint density at radius 3 is 2.59 bits per heavy atom. The highest BCUT2D eigenvalue weighted by Gasteiger charge is 2.12. The Morgan fingerprint density at radius 1 is 1.06 bits per heavy atom. The number of carbonyl (C=O) groups excluding carboxylic acids is 1. The van der Waals surface area contributed by atoms with Gasteiger partial charge in [0, 0.05) is 35.4 Å². The zero-order valence-corrected chi connectivity index (χ0v) is 18.9. The molecular formula is C26H31N5O. The summed E-state index contributed by atoms with van der Waals surface area (Å²) >= 11 is 0. The second kappa shape index (κ2) is 10.4. The summed E-state index contributed by atoms with van der Waals surface area (Å²) in [6, 6.07) is 15.7. The van der Waals surface area contributed by atoms with Crippen molar-refractivity contribution in [2.24, 2.45) is 0 Å². The van der Waals surface area contributed by atoms with Gasteiger partial charge in [0.15, 0.2) is 0 Å². The zero-order valence-electron chi connectivity index (χ0n) is 18.9. The van der Waals surface area contributed by atoms with Crippen molar-refractivity contribution in [2.45, 2.75) is 39.5 Å². The number of aryl methyl sites for hydroxylation is 2. The van der Waals surface area contributed by atoms with E-state index in [1.807, 2.05) is 43.3 Å². The molecule has 2 heterocycles. The molecule has 0 bridgehead atoms. The number of carbonyl (C=O) groups is 1. The predicted octanol–water partition coefficient (Wildman–Crippen LogP) is 4.98. The number of hydrogen-bond donors (Lipinski definition) is 2. The molecule has 6 nitrogen and oxygen atoms in total. The van der Waals surface area contributed by atoms with Gasteiger partial charge in [-0.25, -0.2) is 9.97 Å². The highest BCUT2D eigenvalue weighted by atomic mass is 16.1. The maximum atomic E-state index is 12.8. The van der Waals surface area contributed by atoms with Gasteiger partial charge in [0.05, 0.1) is 0 Å². The molecule has 1 aliphatic rings. The van der Waals surface area contributed by atoms with Crippen LogP contribution in [-0.4, -0.2) is 40.4 Å². The number of hydrogen-bond acceptors (Lipinski definition) is 5. The van der Waals surface area contributed by atoms with Crippen LogP contribution in [0.4, 0.5) is 17.3 Å². The summed E-state index contributed by atoms with van der Waals surface area (Å²) in [7, 11) is 0. The van der Waals surface area contributed by atoms with Crippen molar-refractivity contribution >= 4 is 23.2 Å². The number of nitrogens with one attached hydrogen (secondary N) is 2. The van der Waals surface area contributed by atoms with E-state index in [-0.39, 0.29) is 5.91 Å². The SMILES string of the molecule is CCc1ccnc(Nc2cc(C(=O)Nc3ccc(CCN4CCCC4)cc3)ccc2C)n1. The summed E-state index contributed by atoms with van der Waals surface area (Å²) in [6.07, 6.45) is 6.27. The lowest BCUT2D eigenvalue weighted by molar-refractivity contribution is 0.102. The average molecular weight is 430 g/mol. The standard InChI is InChI=1S/C26H31N5O/c1-3-22-12-14-27-26(29-22)30-24-18-21(9-6-19(24)2)25(32)28-23-10-7-20(8-11-23)13-17-31-15-4-5-16-31/h6-12,14,18H,3-5,13,15-17H2,1-2H3,(H,28,32)(H,27,29,30). The Kier molecular flexibility index (Phi) is 7.12. The first-order valence-corrected chi connectivity index (χ1v) is 11.4. The summed E-state index contributed by atoms with van der Waals surface area (Å²) in [4.78, 5) is 24.1. The highest BCUT2D eigenvalue weighted by molar-refractivity contribution is 6.05. The van der Waals surface area contributed by atoms with E-state index >= 15 is 0 Å². The third kappa shape index (κ3) is 5.71. The fourth-order valence-electron chi connectivity index (χ4n) is 3.92. The van der Waals surface area contributed by atoms with Crippen molar-refractivity contribution in [1.29, 1.82) is 0 Å². The van der Waals surface area contributed by atoms with Crippen LogP contribution < -0.4 is 10.6 Å². The van der Waals surface area contributed by atoms with Gasteiger partial charge >= 0.3 is 0 Å². The molecule has 3 aromatic rings. The number of likely N-dealkylation sites (tertiary alicyclic amines) is 1. The normalized spacial score (nSPS) is 13.8. The van der Waals surface area contributed by atoms with E-state index in [0.717, 1.165) is 42.0 Å². The Hall–Kier alpha value is -3.25. The fourth-order valence-corrected chi connectivity index (χ4v) is 3.92. The van der Waals surface area contributed by atoms with Crippen LogP contribution in [0.2, 0.25) is 0 Å². The molecule has 4 rings (SSSR count). The first-order valence-electron chi connectivity index (χ1n) is 11.4. The second-order valence-corrected chi connectivity index (χ2v) is 8.33. The molecular weight excluding hydrogens is 398 g/mol. The van der Waals surface area contributed by atoms with Crippen molar-refractivity contribution < 1.29 is 4.79 Å². The van der Waals surface area contributed by atoms with Gasteiger partial charge in [0.25, 0.3) is 5.91 Å². The summed E-state index contributed by atoms with van der Waals surface area (Å²) in [6.45, 7) is 7.60. The fraction of sp³-hybridized carbons (Fsp3) is 0.346. The van der Waals surface area contributed by atoms with Crippen molar-refractivity contribution in [2.75, 3.05) is 30.3 Å². The lowest BCUT2D eigenvalue weighted by atomic mass is 10.1. The first-order chi connectivity index (χ1) is 15.6. The number of aromatic nitrogens is 2. The molecule has 0 unspecified atom stereocenters. The van der Waals surface area contributed by atoms with E-state index in [1.54, 1.807) is 6.20 Å². The van der Waals surface area contributed by atoms with Gasteiger partial charge < -0.3 is 15.5 Å². The molecule has 166 valence electrons. The van der Waals surface area contributed by atoms with Gasteiger partial charge in [-0.1, -0.05) is 25.1 Å². The molecule has 1 amide bonds. The Morgan fingerprint density at radius 2 is 1.84 bits per heavy atom. The molecule has 1 fully saturated rings. The van der Waals surface area contributed by atoms with Crippen LogP contribution in [0.3, 0.4) is 0 Å². The van der Waals surface area contributed by atoms with Gasteiger partial charge in [-0.15, -0.1) is 0 Å². The highest BCUT2D eigenvalue weighted by Crippen LogP contribution is 2.21. The lowest BCUT2D eigenvalue weighted by Gasteiger charge is -2.14. The topological polar surface area (TPSA) is 70.2 Å². The quantitative estimate of drug-likeness (QED) is 0.528. The third-order valence-corrected chi connectivity index (χ3v) is 5.95. The maximum absolute atomic E-state index is 12.8. The van der Waals surface area contributed by atoms with Crippen LogP contribution in [0.1, 0.15) is 46.9 Å². The molecule has 1 aliphatic heterocycles. The van der Waals surface area contributed by atoms with E-state index in [0.29, 0.717) is 11.5 Å². The molecule has 1 saturated heterocycles. The van der Waals surface area contributed by atoms with E-state index in [9.17, 15) is 4.79 Å². The van der Waals surface area contributed by atoms with Crippen molar-refractivity contribution in [1.82, 2.24) is 14.9 Å². The number of benzene rings is 2. The van der Waals surface area contributed by atoms with E-state index in [4.69, 9.17) is 0 Å². The van der Waals surface area contributed by atoms with Gasteiger partial charge in [0.1, 0.15) is 0 Å². The molecule has 0 aliphatic carbocycles. The third-order valence-electron chi connectivity index (χ3n) is 5.95. The van der Waals surface area contributed by atoms with Crippen LogP contribution >= 0.6 is 0 Å². The van der Waals surface area contributed by atoms with Gasteiger partial charge in [-0.05, 0) is 87.2 Å². The number of nitrogens with zero attached hydrogens (tertiary/aromatic N) is 3. The van der Waals surface area contributed by atoms with Crippen molar-refractivity contribution in [3.05, 3.63) is 77.1 Å². The van der Waals surface area contributed by atoms with Crippen LogP contribution in [-0.2, 0) is 12.8 Å². The smallest absolute Gasteiger partial charge is 0.255 e. The van der Waals surface area contributed by atoms with Crippen LogP contribution in [0.25, 0.3) is 0 Å². The summed E-state index contributed by atoms with van der Waals surface area (Å²) in [5.74, 6) is 0.399. The molecule has 2 N–H and O–H groups in total. The minimum Gasteiger partial charge on any atom is -0.324 e. The lowest BCUT2D eigenvalue weighted by Crippen LogP contribution is -2.21. The molecule has 6 heteroatoms. The number of anilines is 3. The number of rotatable bonds is 8. The zero-order chi connectivity index (χ0) is 22.3. The largest absolute Gasteiger partial charge is 0.324 e. The van der Waals surface area contributed by atoms with Gasteiger partial charge in [0.2, 0.25) is 5.95 Å². The number of amides is 1. The monoisotopic (exact) mass is 429 g/mol. The predicted molar refractivity (Wildman–Crippen MR) is 130 cm³/mol. The second-order valence-electron chi connectivity index (χ2n) is 8.33. The van der Waals surface area contributed by atoms with E-state index in [2.05, 4.69) is 44.6 Å². The first kappa shape index (κ1) is 22.0. The molecule has 0 atom stereocenters. The Balaban J connectivity index is 1.39. The molecule has 0 saturated carbocycles. The average Bonchev–Trinajstić information content (AvgIpc) is 3.34. The van der Waals surface area contributed by atoms with E-state index < -0.39 is 0 Å². The minimum absolute atomic E-state index is 0.138. The van der Waals surface area contributed by atoms with Crippen LogP contribution in [0, 0.1) is 6.92 Å². The molecule has 0 radical (unpaired) electrons. The summed E-state index contributed by atoms with van der Waals surface area (Å²) in [5.41, 5.74) is 5.50. The molecule has 32 heavy (non-hydrogen) atoms. The van der Waals surface area contributed by atoms with Gasteiger partial charge in [-0.2, -0.15) is 0 Å². The Labute approximate surface area is 190 Å². The minimum atomic E-state index is -0.138. The van der Waals surface area contributed by atoms with E-state index in [1.165, 1.54) is 31.5 Å². The molecule has 1 aromatic heterocycles.